The topological polar surface area (TPSA) is 57.6 Å². The van der Waals surface area contributed by atoms with Crippen LogP contribution in [0.2, 0.25) is 0 Å². The summed E-state index contributed by atoms with van der Waals surface area (Å²) in [6, 6.07) is 9.07. The molecule has 1 unspecified atom stereocenters. The van der Waals surface area contributed by atoms with Gasteiger partial charge in [-0.3, -0.25) is 0 Å². The summed E-state index contributed by atoms with van der Waals surface area (Å²) in [6.45, 7) is 1.15. The van der Waals surface area contributed by atoms with E-state index in [1.165, 1.54) is 0 Å². The van der Waals surface area contributed by atoms with Gasteiger partial charge < -0.3 is 19.6 Å². The lowest BCUT2D eigenvalue weighted by Gasteiger charge is -2.20. The first-order chi connectivity index (χ1) is 8.74. The lowest BCUT2D eigenvalue weighted by molar-refractivity contribution is 0.171. The molecular formula is C13H12BrNO3. The van der Waals surface area contributed by atoms with E-state index in [0.29, 0.717) is 23.6 Å². The molecule has 2 N–H and O–H groups in total. The zero-order valence-corrected chi connectivity index (χ0v) is 11.1. The summed E-state index contributed by atoms with van der Waals surface area (Å²) in [7, 11) is 0. The second kappa shape index (κ2) is 4.66. The molecule has 0 saturated carbocycles. The van der Waals surface area contributed by atoms with Crippen molar-refractivity contribution in [1.82, 2.24) is 0 Å². The van der Waals surface area contributed by atoms with Crippen molar-refractivity contribution >= 4 is 15.9 Å². The highest BCUT2D eigenvalue weighted by Gasteiger charge is 2.17. The largest absolute Gasteiger partial charge is 0.486 e. The van der Waals surface area contributed by atoms with E-state index in [9.17, 15) is 0 Å². The maximum atomic E-state index is 6.15. The molecule has 5 heteroatoms. The van der Waals surface area contributed by atoms with E-state index in [-0.39, 0.29) is 6.04 Å². The fourth-order valence-corrected chi connectivity index (χ4v) is 2.23. The molecule has 0 radical (unpaired) electrons. The average Bonchev–Trinajstić information content (AvgIpc) is 2.84. The van der Waals surface area contributed by atoms with Gasteiger partial charge in [-0.25, -0.2) is 0 Å². The number of nitrogens with two attached hydrogens (primary N) is 1. The molecule has 0 spiro atoms. The van der Waals surface area contributed by atoms with Crippen LogP contribution < -0.4 is 15.2 Å². The van der Waals surface area contributed by atoms with E-state index >= 15 is 0 Å². The predicted molar refractivity (Wildman–Crippen MR) is 69.9 cm³/mol. The molecule has 2 aromatic rings. The smallest absolute Gasteiger partial charge is 0.169 e. The van der Waals surface area contributed by atoms with Crippen molar-refractivity contribution in [3.05, 3.63) is 46.3 Å². The number of hydrogen-bond acceptors (Lipinski definition) is 4. The number of halogens is 1. The monoisotopic (exact) mass is 309 g/mol. The second-order valence-corrected chi connectivity index (χ2v) is 4.80. The van der Waals surface area contributed by atoms with Crippen LogP contribution in [-0.4, -0.2) is 13.2 Å². The van der Waals surface area contributed by atoms with Crippen LogP contribution in [0.15, 0.2) is 39.4 Å². The van der Waals surface area contributed by atoms with E-state index in [0.717, 1.165) is 17.1 Å². The summed E-state index contributed by atoms with van der Waals surface area (Å²) < 4.78 is 17.1. The number of rotatable bonds is 2. The van der Waals surface area contributed by atoms with E-state index in [4.69, 9.17) is 19.6 Å². The minimum Gasteiger partial charge on any atom is -0.486 e. The van der Waals surface area contributed by atoms with E-state index in [2.05, 4.69) is 15.9 Å². The fourth-order valence-electron chi connectivity index (χ4n) is 1.91. The third kappa shape index (κ3) is 2.11. The molecule has 1 aliphatic heterocycles. The lowest BCUT2D eigenvalue weighted by atomic mass is 10.0. The summed E-state index contributed by atoms with van der Waals surface area (Å²) in [6.07, 6.45) is 0. The fraction of sp³-hybridized carbons (Fsp3) is 0.231. The van der Waals surface area contributed by atoms with Gasteiger partial charge in [-0.2, -0.15) is 0 Å². The zero-order valence-electron chi connectivity index (χ0n) is 9.56. The predicted octanol–water partition coefficient (Wildman–Crippen LogP) is 2.86. The minimum atomic E-state index is -0.313. The van der Waals surface area contributed by atoms with Crippen molar-refractivity contribution in [1.29, 1.82) is 0 Å². The van der Waals surface area contributed by atoms with Crippen LogP contribution in [0.3, 0.4) is 0 Å². The van der Waals surface area contributed by atoms with Crippen LogP contribution >= 0.6 is 15.9 Å². The van der Waals surface area contributed by atoms with Crippen LogP contribution in [-0.2, 0) is 0 Å². The van der Waals surface area contributed by atoms with E-state index < -0.39 is 0 Å². The van der Waals surface area contributed by atoms with Gasteiger partial charge in [0, 0.05) is 0 Å². The summed E-state index contributed by atoms with van der Waals surface area (Å²) in [4.78, 5) is 0. The van der Waals surface area contributed by atoms with Crippen LogP contribution in [0.25, 0.3) is 0 Å². The second-order valence-electron chi connectivity index (χ2n) is 4.02. The minimum absolute atomic E-state index is 0.313. The first-order valence-corrected chi connectivity index (χ1v) is 6.44. The Balaban J connectivity index is 1.92. The molecule has 2 heterocycles. The molecule has 0 fully saturated rings. The Morgan fingerprint density at radius 2 is 1.83 bits per heavy atom. The van der Waals surface area contributed by atoms with Crippen molar-refractivity contribution in [2.75, 3.05) is 13.2 Å². The van der Waals surface area contributed by atoms with Crippen molar-refractivity contribution in [2.45, 2.75) is 6.04 Å². The normalized spacial score (nSPS) is 15.4. The Labute approximate surface area is 113 Å². The number of fused-ring (bicyclic) bond motifs is 1. The van der Waals surface area contributed by atoms with Gasteiger partial charge in [-0.15, -0.1) is 0 Å². The van der Waals surface area contributed by atoms with Gasteiger partial charge in [0.25, 0.3) is 0 Å². The van der Waals surface area contributed by atoms with Crippen LogP contribution in [0.5, 0.6) is 11.5 Å². The maximum absolute atomic E-state index is 6.15. The standard InChI is InChI=1S/C13H12BrNO3/c14-12-4-3-10(18-12)13(15)8-1-2-9-11(7-8)17-6-5-16-9/h1-4,7,13H,5-6,15H2. The average molecular weight is 310 g/mol. The lowest BCUT2D eigenvalue weighted by Crippen LogP contribution is -2.17. The molecule has 4 nitrogen and oxygen atoms in total. The molecule has 0 amide bonds. The Morgan fingerprint density at radius 3 is 2.56 bits per heavy atom. The van der Waals surface area contributed by atoms with Crippen LogP contribution in [0, 0.1) is 0 Å². The molecule has 1 aromatic carbocycles. The van der Waals surface area contributed by atoms with Gasteiger partial charge in [-0.05, 0) is 45.8 Å². The highest BCUT2D eigenvalue weighted by molar-refractivity contribution is 9.10. The Hall–Kier alpha value is -1.46. The quantitative estimate of drug-likeness (QED) is 0.926. The van der Waals surface area contributed by atoms with Crippen molar-refractivity contribution in [3.8, 4) is 11.5 Å². The SMILES string of the molecule is NC(c1ccc2c(c1)OCCO2)c1ccc(Br)o1. The third-order valence-corrected chi connectivity index (χ3v) is 3.25. The first-order valence-electron chi connectivity index (χ1n) is 5.64. The molecule has 0 bridgehead atoms. The number of hydrogen-bond donors (Lipinski definition) is 1. The van der Waals surface area contributed by atoms with Crippen molar-refractivity contribution < 1.29 is 13.9 Å². The number of ether oxygens (including phenoxy) is 2. The third-order valence-electron chi connectivity index (χ3n) is 2.83. The molecule has 1 atom stereocenters. The van der Waals surface area contributed by atoms with Gasteiger partial charge >= 0.3 is 0 Å². The molecule has 3 rings (SSSR count). The van der Waals surface area contributed by atoms with E-state index in [1.807, 2.05) is 30.3 Å². The highest BCUT2D eigenvalue weighted by Crippen LogP contribution is 2.34. The van der Waals surface area contributed by atoms with Gasteiger partial charge in [0.15, 0.2) is 16.2 Å². The summed E-state index contributed by atoms with van der Waals surface area (Å²) in [5.74, 6) is 2.20. The molecule has 1 aromatic heterocycles. The molecule has 94 valence electrons. The number of furan rings is 1. The summed E-state index contributed by atoms with van der Waals surface area (Å²) >= 11 is 3.27. The molecule has 18 heavy (non-hydrogen) atoms. The summed E-state index contributed by atoms with van der Waals surface area (Å²) in [5.41, 5.74) is 7.08. The maximum Gasteiger partial charge on any atom is 0.169 e. The van der Waals surface area contributed by atoms with Crippen molar-refractivity contribution in [2.24, 2.45) is 5.73 Å². The van der Waals surface area contributed by atoms with Gasteiger partial charge in [0.1, 0.15) is 19.0 Å². The van der Waals surface area contributed by atoms with Crippen LogP contribution in [0.1, 0.15) is 17.4 Å². The zero-order chi connectivity index (χ0) is 12.5. The molecule has 0 aliphatic carbocycles. The first kappa shape index (κ1) is 11.6. The van der Waals surface area contributed by atoms with Gasteiger partial charge in [0.2, 0.25) is 0 Å². The molecule has 1 aliphatic rings. The summed E-state index contributed by atoms with van der Waals surface area (Å²) in [5, 5.41) is 0. The van der Waals surface area contributed by atoms with E-state index in [1.54, 1.807) is 0 Å². The molecule has 0 saturated heterocycles. The Morgan fingerprint density at radius 1 is 1.06 bits per heavy atom. The number of benzene rings is 1. The van der Waals surface area contributed by atoms with Crippen LogP contribution in [0.4, 0.5) is 0 Å². The Bertz CT molecular complexity index is 567. The van der Waals surface area contributed by atoms with Gasteiger partial charge in [0.05, 0.1) is 6.04 Å². The highest BCUT2D eigenvalue weighted by atomic mass is 79.9. The van der Waals surface area contributed by atoms with Crippen molar-refractivity contribution in [3.63, 3.8) is 0 Å². The Kier molecular flexibility index (Phi) is 3.01. The molecular weight excluding hydrogens is 298 g/mol. The van der Waals surface area contributed by atoms with Gasteiger partial charge in [-0.1, -0.05) is 6.07 Å².